The molecule has 0 unspecified atom stereocenters. The average Bonchev–Trinajstić information content (AvgIpc) is 2.84. The van der Waals surface area contributed by atoms with Crippen LogP contribution >= 0.6 is 11.6 Å². The fourth-order valence-corrected chi connectivity index (χ4v) is 5.02. The van der Waals surface area contributed by atoms with Crippen molar-refractivity contribution in [3.8, 4) is 0 Å². The quantitative estimate of drug-likeness (QED) is 0.457. The minimum atomic E-state index is -3.86. The van der Waals surface area contributed by atoms with Crippen LogP contribution in [0.5, 0.6) is 0 Å². The normalized spacial score (nSPS) is 14.5. The van der Waals surface area contributed by atoms with E-state index in [-0.39, 0.29) is 10.7 Å². The van der Waals surface area contributed by atoms with Gasteiger partial charge in [-0.1, -0.05) is 41.9 Å². The highest BCUT2D eigenvalue weighted by atomic mass is 35.5. The van der Waals surface area contributed by atoms with E-state index in [4.69, 9.17) is 16.6 Å². The lowest BCUT2D eigenvalue weighted by molar-refractivity contribution is 0.601. The van der Waals surface area contributed by atoms with Gasteiger partial charge in [-0.2, -0.15) is 0 Å². The molecule has 1 aromatic heterocycles. The van der Waals surface area contributed by atoms with Crippen molar-refractivity contribution < 1.29 is 8.42 Å². The van der Waals surface area contributed by atoms with E-state index in [1.165, 1.54) is 17.8 Å². The summed E-state index contributed by atoms with van der Waals surface area (Å²) in [5, 5.41) is 0.469. The smallest absolute Gasteiger partial charge is 0.263 e. The first-order valence-electron chi connectivity index (χ1n) is 10.6. The van der Waals surface area contributed by atoms with Crippen LogP contribution in [-0.2, 0) is 10.0 Å². The number of para-hydroxylation sites is 3. The van der Waals surface area contributed by atoms with E-state index in [9.17, 15) is 8.42 Å². The minimum absolute atomic E-state index is 0.113. The third kappa shape index (κ3) is 4.58. The molecule has 1 aliphatic rings. The monoisotopic (exact) mass is 479 g/mol. The van der Waals surface area contributed by atoms with Crippen LogP contribution in [0, 0.1) is 0 Å². The molecule has 0 radical (unpaired) electrons. The summed E-state index contributed by atoms with van der Waals surface area (Å²) in [4.78, 5) is 13.9. The Morgan fingerprint density at radius 3 is 1.97 bits per heavy atom. The molecule has 3 aromatic carbocycles. The Hall–Kier alpha value is -3.36. The van der Waals surface area contributed by atoms with Crippen molar-refractivity contribution in [2.24, 2.45) is 0 Å². The molecule has 1 N–H and O–H groups in total. The van der Waals surface area contributed by atoms with E-state index >= 15 is 0 Å². The predicted molar refractivity (Wildman–Crippen MR) is 133 cm³/mol. The molecular weight excluding hydrogens is 458 g/mol. The molecule has 2 heterocycles. The van der Waals surface area contributed by atoms with Gasteiger partial charge in [0.2, 0.25) is 0 Å². The van der Waals surface area contributed by atoms with Gasteiger partial charge in [0.15, 0.2) is 11.6 Å². The predicted octanol–water partition coefficient (Wildman–Crippen LogP) is 4.41. The van der Waals surface area contributed by atoms with Crippen molar-refractivity contribution in [1.29, 1.82) is 0 Å². The third-order valence-corrected chi connectivity index (χ3v) is 7.21. The maximum absolute atomic E-state index is 13.1. The Kier molecular flexibility index (Phi) is 5.78. The van der Waals surface area contributed by atoms with Crippen molar-refractivity contribution in [3.05, 3.63) is 83.9 Å². The zero-order chi connectivity index (χ0) is 22.8. The van der Waals surface area contributed by atoms with E-state index < -0.39 is 10.0 Å². The molecule has 1 fully saturated rings. The zero-order valence-corrected chi connectivity index (χ0v) is 19.3. The number of piperazine rings is 1. The molecule has 0 atom stereocenters. The van der Waals surface area contributed by atoms with E-state index in [0.29, 0.717) is 35.0 Å². The molecule has 1 aliphatic heterocycles. The SMILES string of the molecule is O=S(=O)(Nc1nc2ccccc2nc1N1CCN(c2ccccc2)CC1)c1ccc(Cl)cc1. The van der Waals surface area contributed by atoms with E-state index in [0.717, 1.165) is 13.1 Å². The van der Waals surface area contributed by atoms with Gasteiger partial charge in [0.1, 0.15) is 0 Å². The fraction of sp³-hybridized carbons (Fsp3) is 0.167. The summed E-state index contributed by atoms with van der Waals surface area (Å²) in [5.74, 6) is 0.746. The van der Waals surface area contributed by atoms with Crippen molar-refractivity contribution in [2.75, 3.05) is 40.7 Å². The second-order valence-electron chi connectivity index (χ2n) is 7.75. The summed E-state index contributed by atoms with van der Waals surface area (Å²) in [6.45, 7) is 2.97. The van der Waals surface area contributed by atoms with Crippen LogP contribution < -0.4 is 14.5 Å². The number of hydrogen-bond acceptors (Lipinski definition) is 6. The number of halogens is 1. The van der Waals surface area contributed by atoms with Gasteiger partial charge in [-0.25, -0.2) is 18.4 Å². The van der Waals surface area contributed by atoms with Crippen molar-refractivity contribution in [2.45, 2.75) is 4.90 Å². The largest absolute Gasteiger partial charge is 0.368 e. The lowest BCUT2D eigenvalue weighted by Gasteiger charge is -2.37. The summed E-state index contributed by atoms with van der Waals surface area (Å²) < 4.78 is 28.8. The summed E-state index contributed by atoms with van der Waals surface area (Å²) >= 11 is 5.92. The van der Waals surface area contributed by atoms with E-state index in [2.05, 4.69) is 31.6 Å². The highest BCUT2D eigenvalue weighted by Crippen LogP contribution is 2.29. The lowest BCUT2D eigenvalue weighted by atomic mass is 10.2. The van der Waals surface area contributed by atoms with Crippen LogP contribution in [0.15, 0.2) is 83.8 Å². The molecular formula is C24H22ClN5O2S. The molecule has 7 nitrogen and oxygen atoms in total. The number of sulfonamides is 1. The van der Waals surface area contributed by atoms with Gasteiger partial charge >= 0.3 is 0 Å². The molecule has 33 heavy (non-hydrogen) atoms. The van der Waals surface area contributed by atoms with Gasteiger partial charge in [0, 0.05) is 36.9 Å². The Labute approximate surface area is 197 Å². The van der Waals surface area contributed by atoms with Crippen LogP contribution in [0.1, 0.15) is 0 Å². The maximum atomic E-state index is 13.1. The molecule has 9 heteroatoms. The molecule has 0 spiro atoms. The Morgan fingerprint density at radius 1 is 0.727 bits per heavy atom. The number of nitrogens with one attached hydrogen (secondary N) is 1. The second-order valence-corrected chi connectivity index (χ2v) is 9.87. The molecule has 168 valence electrons. The van der Waals surface area contributed by atoms with Gasteiger partial charge < -0.3 is 9.80 Å². The first kappa shape index (κ1) is 21.5. The fourth-order valence-electron chi connectivity index (χ4n) is 3.89. The highest BCUT2D eigenvalue weighted by Gasteiger charge is 2.25. The van der Waals surface area contributed by atoms with Crippen molar-refractivity contribution >= 4 is 50.0 Å². The standard InChI is InChI=1S/C24H22ClN5O2S/c25-18-10-12-20(13-11-18)33(31,32)28-23-24(27-22-9-5-4-8-21(22)26-23)30-16-14-29(15-17-30)19-6-2-1-3-7-19/h1-13H,14-17H2,(H,26,28). The number of anilines is 3. The van der Waals surface area contributed by atoms with Crippen LogP contribution in [0.25, 0.3) is 11.0 Å². The highest BCUT2D eigenvalue weighted by molar-refractivity contribution is 7.92. The Bertz CT molecular complexity index is 1370. The third-order valence-electron chi connectivity index (χ3n) is 5.61. The topological polar surface area (TPSA) is 78.4 Å². The van der Waals surface area contributed by atoms with Gasteiger partial charge in [-0.05, 0) is 48.5 Å². The molecule has 5 rings (SSSR count). The van der Waals surface area contributed by atoms with E-state index in [1.807, 2.05) is 42.5 Å². The number of rotatable bonds is 5. The van der Waals surface area contributed by atoms with Gasteiger partial charge in [-0.3, -0.25) is 4.72 Å². The van der Waals surface area contributed by atoms with Crippen LogP contribution in [0.2, 0.25) is 5.02 Å². The lowest BCUT2D eigenvalue weighted by Crippen LogP contribution is -2.47. The second kappa shape index (κ2) is 8.88. The summed E-state index contributed by atoms with van der Waals surface area (Å²) in [7, 11) is -3.86. The van der Waals surface area contributed by atoms with Crippen molar-refractivity contribution in [1.82, 2.24) is 9.97 Å². The minimum Gasteiger partial charge on any atom is -0.368 e. The molecule has 0 aliphatic carbocycles. The molecule has 1 saturated heterocycles. The number of fused-ring (bicyclic) bond motifs is 1. The number of nitrogens with zero attached hydrogens (tertiary/aromatic N) is 4. The van der Waals surface area contributed by atoms with Crippen LogP contribution in [-0.4, -0.2) is 44.6 Å². The maximum Gasteiger partial charge on any atom is 0.263 e. The van der Waals surface area contributed by atoms with Crippen molar-refractivity contribution in [3.63, 3.8) is 0 Å². The first-order valence-corrected chi connectivity index (χ1v) is 12.5. The Balaban J connectivity index is 1.47. The number of aromatic nitrogens is 2. The summed E-state index contributed by atoms with van der Waals surface area (Å²) in [6, 6.07) is 23.7. The number of hydrogen-bond donors (Lipinski definition) is 1. The summed E-state index contributed by atoms with van der Waals surface area (Å²) in [5.41, 5.74) is 2.51. The summed E-state index contributed by atoms with van der Waals surface area (Å²) in [6.07, 6.45) is 0. The molecule has 0 bridgehead atoms. The van der Waals surface area contributed by atoms with Crippen LogP contribution in [0.4, 0.5) is 17.3 Å². The molecule has 0 amide bonds. The Morgan fingerprint density at radius 2 is 1.30 bits per heavy atom. The zero-order valence-electron chi connectivity index (χ0n) is 17.7. The molecule has 0 saturated carbocycles. The van der Waals surface area contributed by atoms with Gasteiger partial charge in [0.05, 0.1) is 15.9 Å². The van der Waals surface area contributed by atoms with E-state index in [1.54, 1.807) is 12.1 Å². The van der Waals surface area contributed by atoms with Crippen LogP contribution in [0.3, 0.4) is 0 Å². The molecule has 4 aromatic rings. The number of benzene rings is 3. The van der Waals surface area contributed by atoms with Gasteiger partial charge in [0.25, 0.3) is 10.0 Å². The first-order chi connectivity index (χ1) is 16.0. The van der Waals surface area contributed by atoms with Gasteiger partial charge in [-0.15, -0.1) is 0 Å². The average molecular weight is 480 g/mol.